The van der Waals surface area contributed by atoms with Gasteiger partial charge in [-0.05, 0) is 37.6 Å². The molecule has 0 unspecified atom stereocenters. The molecule has 0 heterocycles. The number of carbonyl (C=O) groups is 3. The van der Waals surface area contributed by atoms with Crippen LogP contribution in [-0.2, 0) is 19.1 Å². The molecule has 1 N–H and O–H groups in total. The molecule has 0 aliphatic rings. The molecule has 0 fully saturated rings. The molecule has 6 nitrogen and oxygen atoms in total. The average molecular weight is 357 g/mol. The summed E-state index contributed by atoms with van der Waals surface area (Å²) in [5.74, 6) is -1.75. The zero-order valence-electron chi connectivity index (χ0n) is 15.4. The second kappa shape index (κ2) is 7.99. The van der Waals surface area contributed by atoms with Crippen LogP contribution in [0.5, 0.6) is 0 Å². The van der Waals surface area contributed by atoms with Gasteiger partial charge in [0.15, 0.2) is 0 Å². The largest absolute Gasteiger partial charge is 0.467 e. The summed E-state index contributed by atoms with van der Waals surface area (Å²) in [4.78, 5) is 36.7. The van der Waals surface area contributed by atoms with Crippen molar-refractivity contribution in [2.24, 2.45) is 0 Å². The maximum atomic E-state index is 12.7. The summed E-state index contributed by atoms with van der Waals surface area (Å²) in [7, 11) is 1.20. The van der Waals surface area contributed by atoms with Crippen LogP contribution in [0.1, 0.15) is 37.6 Å². The average Bonchev–Trinajstić information content (AvgIpc) is 2.58. The Morgan fingerprint density at radius 1 is 1.04 bits per heavy atom. The highest BCUT2D eigenvalue weighted by Crippen LogP contribution is 2.19. The second-order valence-corrected chi connectivity index (χ2v) is 6.87. The van der Waals surface area contributed by atoms with E-state index in [2.05, 4.69) is 5.32 Å². The number of carbonyl (C=O) groups excluding carboxylic acids is 3. The first kappa shape index (κ1) is 19.4. The van der Waals surface area contributed by atoms with E-state index in [1.54, 1.807) is 32.9 Å². The molecule has 0 bridgehead atoms. The fraction of sp³-hybridized carbons (Fsp3) is 0.350. The Balaban J connectivity index is 2.20. The molecule has 0 aliphatic heterocycles. The van der Waals surface area contributed by atoms with Crippen LogP contribution in [0.15, 0.2) is 42.5 Å². The number of nitrogens with one attached hydrogen (secondary N) is 1. The van der Waals surface area contributed by atoms with Crippen LogP contribution < -0.4 is 5.32 Å². The molecular weight excluding hydrogens is 334 g/mol. The Morgan fingerprint density at radius 2 is 1.69 bits per heavy atom. The van der Waals surface area contributed by atoms with Gasteiger partial charge in [0.1, 0.15) is 11.6 Å². The molecule has 2 rings (SSSR count). The molecule has 6 heteroatoms. The summed E-state index contributed by atoms with van der Waals surface area (Å²) < 4.78 is 9.93. The van der Waals surface area contributed by atoms with Crippen LogP contribution in [0.25, 0.3) is 10.8 Å². The van der Waals surface area contributed by atoms with Crippen LogP contribution >= 0.6 is 0 Å². The maximum absolute atomic E-state index is 12.7. The smallest absolute Gasteiger partial charge is 0.328 e. The van der Waals surface area contributed by atoms with Gasteiger partial charge in [-0.25, -0.2) is 4.79 Å². The first-order valence-corrected chi connectivity index (χ1v) is 8.29. The van der Waals surface area contributed by atoms with E-state index in [-0.39, 0.29) is 6.42 Å². The van der Waals surface area contributed by atoms with Crippen LogP contribution in [0.3, 0.4) is 0 Å². The lowest BCUT2D eigenvalue weighted by Crippen LogP contribution is -2.44. The van der Waals surface area contributed by atoms with Gasteiger partial charge in [-0.15, -0.1) is 0 Å². The van der Waals surface area contributed by atoms with Crippen molar-refractivity contribution in [1.29, 1.82) is 0 Å². The molecule has 2 aromatic carbocycles. The Bertz CT molecular complexity index is 817. The van der Waals surface area contributed by atoms with Gasteiger partial charge in [0, 0.05) is 5.56 Å². The number of hydrogen-bond donors (Lipinski definition) is 1. The van der Waals surface area contributed by atoms with E-state index in [0.717, 1.165) is 10.8 Å². The van der Waals surface area contributed by atoms with Gasteiger partial charge in [0.25, 0.3) is 5.91 Å². The summed E-state index contributed by atoms with van der Waals surface area (Å²) in [5.41, 5.74) is -0.265. The lowest BCUT2D eigenvalue weighted by atomic mass is 10.0. The molecular formula is C20H23NO5. The van der Waals surface area contributed by atoms with Crippen molar-refractivity contribution in [1.82, 2.24) is 5.32 Å². The Labute approximate surface area is 152 Å². The van der Waals surface area contributed by atoms with Gasteiger partial charge < -0.3 is 14.8 Å². The quantitative estimate of drug-likeness (QED) is 0.832. The predicted molar refractivity (Wildman–Crippen MR) is 97.7 cm³/mol. The van der Waals surface area contributed by atoms with Crippen molar-refractivity contribution in [3.05, 3.63) is 48.0 Å². The topological polar surface area (TPSA) is 81.7 Å². The highest BCUT2D eigenvalue weighted by molar-refractivity contribution is 6.08. The third-order valence-electron chi connectivity index (χ3n) is 3.62. The zero-order chi connectivity index (χ0) is 19.3. The zero-order valence-corrected chi connectivity index (χ0v) is 15.4. The minimum absolute atomic E-state index is 0.305. The van der Waals surface area contributed by atoms with Gasteiger partial charge in [-0.1, -0.05) is 36.4 Å². The molecule has 0 spiro atoms. The number of fused-ring (bicyclic) bond motifs is 1. The normalized spacial score (nSPS) is 12.3. The maximum Gasteiger partial charge on any atom is 0.328 e. The Morgan fingerprint density at radius 3 is 2.35 bits per heavy atom. The van der Waals surface area contributed by atoms with Crippen LogP contribution in [0.2, 0.25) is 0 Å². The van der Waals surface area contributed by atoms with E-state index in [4.69, 9.17) is 9.47 Å². The van der Waals surface area contributed by atoms with Gasteiger partial charge in [-0.3, -0.25) is 9.59 Å². The fourth-order valence-electron chi connectivity index (χ4n) is 2.54. The van der Waals surface area contributed by atoms with Crippen molar-refractivity contribution in [2.75, 3.05) is 7.11 Å². The number of esters is 2. The van der Waals surface area contributed by atoms with Crippen molar-refractivity contribution in [3.63, 3.8) is 0 Å². The van der Waals surface area contributed by atoms with E-state index in [0.29, 0.717) is 5.56 Å². The molecule has 0 saturated carbocycles. The molecule has 1 amide bonds. The number of amides is 1. The third-order valence-corrected chi connectivity index (χ3v) is 3.62. The molecule has 138 valence electrons. The monoisotopic (exact) mass is 357 g/mol. The Kier molecular flexibility index (Phi) is 5.97. The first-order chi connectivity index (χ1) is 12.2. The molecule has 2 aromatic rings. The van der Waals surface area contributed by atoms with Gasteiger partial charge in [0.2, 0.25) is 0 Å². The predicted octanol–water partition coefficient (Wildman–Crippen LogP) is 2.84. The fourth-order valence-corrected chi connectivity index (χ4v) is 2.54. The lowest BCUT2D eigenvalue weighted by molar-refractivity contribution is -0.158. The van der Waals surface area contributed by atoms with E-state index < -0.39 is 29.5 Å². The summed E-state index contributed by atoms with van der Waals surface area (Å²) in [6.07, 6.45) is -0.305. The second-order valence-electron chi connectivity index (χ2n) is 6.87. The molecule has 0 aromatic heterocycles. The van der Waals surface area contributed by atoms with E-state index in [1.165, 1.54) is 7.11 Å². The van der Waals surface area contributed by atoms with Crippen LogP contribution in [0.4, 0.5) is 0 Å². The number of methoxy groups -OCH3 is 1. The summed E-state index contributed by atoms with van der Waals surface area (Å²) >= 11 is 0. The lowest BCUT2D eigenvalue weighted by Gasteiger charge is -2.22. The van der Waals surface area contributed by atoms with E-state index in [9.17, 15) is 14.4 Å². The highest BCUT2D eigenvalue weighted by Gasteiger charge is 2.28. The van der Waals surface area contributed by atoms with Crippen molar-refractivity contribution < 1.29 is 23.9 Å². The van der Waals surface area contributed by atoms with Gasteiger partial charge in [0.05, 0.1) is 13.5 Å². The number of rotatable bonds is 5. The highest BCUT2D eigenvalue weighted by atomic mass is 16.6. The van der Waals surface area contributed by atoms with Crippen molar-refractivity contribution in [2.45, 2.75) is 38.8 Å². The minimum atomic E-state index is -1.12. The standard InChI is InChI=1S/C20H23NO5/c1-20(2,3)26-17(22)12-16(19(24)25-4)21-18(23)15-11-7-9-13-8-5-6-10-14(13)15/h5-11,16H,12H2,1-4H3,(H,21,23)/t16-/m1/s1. The van der Waals surface area contributed by atoms with Gasteiger partial charge in [-0.2, -0.15) is 0 Å². The summed E-state index contributed by atoms with van der Waals surface area (Å²) in [5, 5.41) is 4.24. The number of benzene rings is 2. The Hall–Kier alpha value is -2.89. The SMILES string of the molecule is COC(=O)[C@@H](CC(=O)OC(C)(C)C)NC(=O)c1cccc2ccccc12. The van der Waals surface area contributed by atoms with E-state index >= 15 is 0 Å². The number of hydrogen-bond acceptors (Lipinski definition) is 5. The summed E-state index contributed by atoms with van der Waals surface area (Å²) in [6, 6.07) is 11.6. The molecule has 26 heavy (non-hydrogen) atoms. The van der Waals surface area contributed by atoms with Crippen molar-refractivity contribution >= 4 is 28.6 Å². The minimum Gasteiger partial charge on any atom is -0.467 e. The molecule has 0 radical (unpaired) electrons. The van der Waals surface area contributed by atoms with Crippen molar-refractivity contribution in [3.8, 4) is 0 Å². The van der Waals surface area contributed by atoms with Crippen LogP contribution in [0, 0.1) is 0 Å². The molecule has 0 saturated heterocycles. The van der Waals surface area contributed by atoms with E-state index in [1.807, 2.05) is 30.3 Å². The number of ether oxygens (including phenoxy) is 2. The van der Waals surface area contributed by atoms with Gasteiger partial charge >= 0.3 is 11.9 Å². The third kappa shape index (κ3) is 5.05. The first-order valence-electron chi connectivity index (χ1n) is 8.29. The van der Waals surface area contributed by atoms with Crippen LogP contribution in [-0.4, -0.2) is 36.6 Å². The summed E-state index contributed by atoms with van der Waals surface area (Å²) in [6.45, 7) is 5.19. The molecule has 1 atom stereocenters. The molecule has 0 aliphatic carbocycles.